The minimum atomic E-state index is -0.366. The van der Waals surface area contributed by atoms with E-state index in [9.17, 15) is 4.79 Å². The number of anilines is 1. The maximum absolute atomic E-state index is 11.6. The molecule has 0 radical (unpaired) electrons. The summed E-state index contributed by atoms with van der Waals surface area (Å²) in [5.74, 6) is -0.366. The van der Waals surface area contributed by atoms with E-state index in [-0.39, 0.29) is 5.97 Å². The zero-order chi connectivity index (χ0) is 15.1. The minimum absolute atomic E-state index is 0.366. The van der Waals surface area contributed by atoms with Gasteiger partial charge in [0.1, 0.15) is 0 Å². The van der Waals surface area contributed by atoms with Crippen LogP contribution in [0.25, 0.3) is 0 Å². The molecule has 0 bridgehead atoms. The Morgan fingerprint density at radius 3 is 2.95 bits per heavy atom. The molecule has 1 aliphatic rings. The van der Waals surface area contributed by atoms with E-state index in [0.29, 0.717) is 16.4 Å². The molecule has 0 saturated carbocycles. The van der Waals surface area contributed by atoms with Crippen LogP contribution in [0.4, 0.5) is 5.69 Å². The highest BCUT2D eigenvalue weighted by atomic mass is 32.1. The molecule has 1 saturated heterocycles. The number of ether oxygens (including phenoxy) is 2. The number of nitrogens with zero attached hydrogens (tertiary/aromatic N) is 1. The van der Waals surface area contributed by atoms with E-state index in [1.807, 2.05) is 5.38 Å². The number of thiocarbonyl (C=S) groups is 1. The molecular weight excluding hydrogens is 310 g/mol. The fourth-order valence-electron chi connectivity index (χ4n) is 1.98. The first-order valence-corrected chi connectivity index (χ1v) is 8.05. The first-order valence-electron chi connectivity index (χ1n) is 6.70. The molecule has 2 heterocycles. The molecule has 0 amide bonds. The molecule has 1 aliphatic heterocycles. The van der Waals surface area contributed by atoms with Crippen LogP contribution < -0.4 is 10.6 Å². The molecule has 1 fully saturated rings. The molecule has 6 nitrogen and oxygen atoms in total. The Bertz CT molecular complexity index is 487. The van der Waals surface area contributed by atoms with Crippen molar-refractivity contribution in [3.63, 3.8) is 0 Å². The van der Waals surface area contributed by atoms with Crippen LogP contribution in [0.5, 0.6) is 0 Å². The van der Waals surface area contributed by atoms with Gasteiger partial charge in [0.2, 0.25) is 0 Å². The topological polar surface area (TPSA) is 62.8 Å². The number of thiophene rings is 1. The van der Waals surface area contributed by atoms with Gasteiger partial charge in [-0.05, 0) is 12.2 Å². The second-order valence-electron chi connectivity index (χ2n) is 4.53. The number of carbonyl (C=O) groups excluding carboxylic acids is 1. The highest BCUT2D eigenvalue weighted by Gasteiger charge is 2.14. The molecule has 0 aromatic carbocycles. The SMILES string of the molecule is COC(=O)c1cscc1NC(=S)NCCN1CCOCC1. The monoisotopic (exact) mass is 329 g/mol. The molecule has 1 aromatic heterocycles. The second-order valence-corrected chi connectivity index (χ2v) is 5.68. The van der Waals surface area contributed by atoms with Crippen LogP contribution in [0.1, 0.15) is 10.4 Å². The van der Waals surface area contributed by atoms with E-state index < -0.39 is 0 Å². The third-order valence-corrected chi connectivity index (χ3v) is 4.12. The molecule has 116 valence electrons. The zero-order valence-corrected chi connectivity index (χ0v) is 13.5. The van der Waals surface area contributed by atoms with Gasteiger partial charge in [0.15, 0.2) is 5.11 Å². The van der Waals surface area contributed by atoms with E-state index in [1.165, 1.54) is 18.4 Å². The van der Waals surface area contributed by atoms with Gasteiger partial charge in [-0.1, -0.05) is 0 Å². The van der Waals surface area contributed by atoms with Crippen molar-refractivity contribution < 1.29 is 14.3 Å². The Kier molecular flexibility index (Phi) is 6.37. The van der Waals surface area contributed by atoms with Crippen LogP contribution in [0, 0.1) is 0 Å². The predicted octanol–water partition coefficient (Wildman–Crippen LogP) is 1.15. The molecule has 0 spiro atoms. The Labute approximate surface area is 133 Å². The van der Waals surface area contributed by atoms with Gasteiger partial charge in [-0.15, -0.1) is 11.3 Å². The van der Waals surface area contributed by atoms with Crippen LogP contribution in [-0.2, 0) is 9.47 Å². The first kappa shape index (κ1) is 16.2. The van der Waals surface area contributed by atoms with Gasteiger partial charge >= 0.3 is 5.97 Å². The van der Waals surface area contributed by atoms with Crippen molar-refractivity contribution in [3.8, 4) is 0 Å². The third-order valence-electron chi connectivity index (χ3n) is 3.13. The van der Waals surface area contributed by atoms with E-state index in [1.54, 1.807) is 5.38 Å². The lowest BCUT2D eigenvalue weighted by atomic mass is 10.3. The van der Waals surface area contributed by atoms with Gasteiger partial charge in [0, 0.05) is 36.9 Å². The van der Waals surface area contributed by atoms with E-state index >= 15 is 0 Å². The maximum atomic E-state index is 11.6. The van der Waals surface area contributed by atoms with Crippen LogP contribution in [0.2, 0.25) is 0 Å². The molecule has 2 rings (SSSR count). The smallest absolute Gasteiger partial charge is 0.340 e. The summed E-state index contributed by atoms with van der Waals surface area (Å²) in [4.78, 5) is 13.9. The average molecular weight is 329 g/mol. The van der Waals surface area contributed by atoms with Crippen molar-refractivity contribution in [2.24, 2.45) is 0 Å². The Morgan fingerprint density at radius 1 is 1.48 bits per heavy atom. The highest BCUT2D eigenvalue weighted by molar-refractivity contribution is 7.80. The van der Waals surface area contributed by atoms with Crippen LogP contribution in [0.3, 0.4) is 0 Å². The fourth-order valence-corrected chi connectivity index (χ4v) is 2.94. The standard InChI is InChI=1S/C13H19N3O3S2/c1-18-12(17)10-8-21-9-11(10)15-13(20)14-2-3-16-4-6-19-7-5-16/h8-9H,2-7H2,1H3,(H2,14,15,20). The second kappa shape index (κ2) is 8.28. The molecule has 0 aliphatic carbocycles. The normalized spacial score (nSPS) is 15.5. The molecule has 21 heavy (non-hydrogen) atoms. The fraction of sp³-hybridized carbons (Fsp3) is 0.538. The first-order chi connectivity index (χ1) is 10.2. The van der Waals surface area contributed by atoms with Gasteiger partial charge < -0.3 is 20.1 Å². The summed E-state index contributed by atoms with van der Waals surface area (Å²) in [7, 11) is 1.36. The molecule has 0 atom stereocenters. The number of rotatable bonds is 5. The van der Waals surface area contributed by atoms with Crippen molar-refractivity contribution in [3.05, 3.63) is 16.3 Å². The number of hydrogen-bond acceptors (Lipinski definition) is 6. The van der Waals surface area contributed by atoms with Crippen LogP contribution in [-0.4, -0.2) is 62.5 Å². The van der Waals surface area contributed by atoms with Crippen molar-refractivity contribution in [1.82, 2.24) is 10.2 Å². The summed E-state index contributed by atoms with van der Waals surface area (Å²) in [6, 6.07) is 0. The lowest BCUT2D eigenvalue weighted by Crippen LogP contribution is -2.42. The maximum Gasteiger partial charge on any atom is 0.340 e. The molecule has 0 unspecified atom stereocenters. The number of hydrogen-bond donors (Lipinski definition) is 2. The zero-order valence-electron chi connectivity index (χ0n) is 11.9. The quantitative estimate of drug-likeness (QED) is 0.621. The summed E-state index contributed by atoms with van der Waals surface area (Å²) in [6.07, 6.45) is 0. The van der Waals surface area contributed by atoms with Gasteiger partial charge in [-0.2, -0.15) is 0 Å². The number of carbonyl (C=O) groups is 1. The summed E-state index contributed by atoms with van der Waals surface area (Å²) in [5.41, 5.74) is 1.18. The predicted molar refractivity (Wildman–Crippen MR) is 87.1 cm³/mol. The lowest BCUT2D eigenvalue weighted by molar-refractivity contribution is 0.0389. The number of esters is 1. The van der Waals surface area contributed by atoms with Crippen molar-refractivity contribution in [2.45, 2.75) is 0 Å². The summed E-state index contributed by atoms with van der Waals surface area (Å²) in [5, 5.41) is 10.3. The van der Waals surface area contributed by atoms with Gasteiger partial charge in [-0.25, -0.2) is 4.79 Å². The van der Waals surface area contributed by atoms with E-state index in [2.05, 4.69) is 15.5 Å². The third kappa shape index (κ3) is 4.92. The van der Waals surface area contributed by atoms with Gasteiger partial charge in [-0.3, -0.25) is 4.90 Å². The Morgan fingerprint density at radius 2 is 2.24 bits per heavy atom. The van der Waals surface area contributed by atoms with Crippen LogP contribution in [0.15, 0.2) is 10.8 Å². The van der Waals surface area contributed by atoms with Crippen LogP contribution >= 0.6 is 23.6 Å². The minimum Gasteiger partial charge on any atom is -0.465 e. The molecule has 1 aromatic rings. The molecular formula is C13H19N3O3S2. The lowest BCUT2D eigenvalue weighted by Gasteiger charge is -2.26. The molecule has 2 N–H and O–H groups in total. The largest absolute Gasteiger partial charge is 0.465 e. The van der Waals surface area contributed by atoms with E-state index in [0.717, 1.165) is 39.4 Å². The van der Waals surface area contributed by atoms with Crippen molar-refractivity contribution >= 4 is 40.3 Å². The summed E-state index contributed by atoms with van der Waals surface area (Å²) < 4.78 is 10.0. The number of methoxy groups -OCH3 is 1. The van der Waals surface area contributed by atoms with E-state index in [4.69, 9.17) is 21.7 Å². The molecule has 8 heteroatoms. The van der Waals surface area contributed by atoms with Gasteiger partial charge in [0.25, 0.3) is 0 Å². The highest BCUT2D eigenvalue weighted by Crippen LogP contribution is 2.21. The van der Waals surface area contributed by atoms with Crippen molar-refractivity contribution in [2.75, 3.05) is 51.8 Å². The average Bonchev–Trinajstić information content (AvgIpc) is 2.95. The number of morpholine rings is 1. The summed E-state index contributed by atoms with van der Waals surface area (Å²) in [6.45, 7) is 5.17. The Hall–Kier alpha value is -1.22. The number of nitrogens with one attached hydrogen (secondary N) is 2. The van der Waals surface area contributed by atoms with Gasteiger partial charge in [0.05, 0.1) is 31.6 Å². The summed E-state index contributed by atoms with van der Waals surface area (Å²) >= 11 is 6.66. The van der Waals surface area contributed by atoms with Crippen molar-refractivity contribution in [1.29, 1.82) is 0 Å². The Balaban J connectivity index is 1.74.